The third kappa shape index (κ3) is 2.47. The fourth-order valence-corrected chi connectivity index (χ4v) is 4.33. The molecule has 0 N–H and O–H groups in total. The van der Waals surface area contributed by atoms with Crippen molar-refractivity contribution in [1.82, 2.24) is 0 Å². The molecule has 0 saturated heterocycles. The van der Waals surface area contributed by atoms with Crippen molar-refractivity contribution < 1.29 is 9.18 Å². The number of nitrogens with zero attached hydrogens (tertiary/aromatic N) is 2. The van der Waals surface area contributed by atoms with E-state index in [2.05, 4.69) is 44.8 Å². The second-order valence-corrected chi connectivity index (χ2v) is 7.93. The van der Waals surface area contributed by atoms with Gasteiger partial charge in [0.05, 0.1) is 11.4 Å². The van der Waals surface area contributed by atoms with Crippen LogP contribution in [0.4, 0.5) is 15.8 Å². The zero-order chi connectivity index (χ0) is 18.6. The van der Waals surface area contributed by atoms with E-state index in [-0.39, 0.29) is 17.3 Å². The first kappa shape index (κ1) is 17.0. The van der Waals surface area contributed by atoms with Crippen molar-refractivity contribution in [1.29, 1.82) is 0 Å². The molecule has 1 amide bonds. The first-order chi connectivity index (χ1) is 12.3. The second-order valence-electron chi connectivity index (χ2n) is 7.93. The zero-order valence-corrected chi connectivity index (χ0v) is 15.6. The predicted molar refractivity (Wildman–Crippen MR) is 103 cm³/mol. The minimum atomic E-state index is -0.308. The Hall–Kier alpha value is -2.49. The molecular formula is C22H23FN2O. The fourth-order valence-electron chi connectivity index (χ4n) is 4.33. The maximum absolute atomic E-state index is 13.3. The number of benzene rings is 2. The van der Waals surface area contributed by atoms with Crippen LogP contribution in [0.2, 0.25) is 0 Å². The van der Waals surface area contributed by atoms with Crippen LogP contribution < -0.4 is 4.90 Å². The molecule has 0 spiro atoms. The highest BCUT2D eigenvalue weighted by Gasteiger charge is 2.48. The number of amides is 1. The quantitative estimate of drug-likeness (QED) is 0.738. The summed E-state index contributed by atoms with van der Waals surface area (Å²) < 4.78 is 13.2. The number of carbonyl (C=O) groups is 1. The third-order valence-electron chi connectivity index (χ3n) is 5.50. The topological polar surface area (TPSA) is 32.7 Å². The highest BCUT2D eigenvalue weighted by molar-refractivity contribution is 6.55. The Morgan fingerprint density at radius 2 is 1.92 bits per heavy atom. The SMILES string of the molecule is CCc1cc2c3c(c1)C(C)CC(C)(C)N3C(=O)C2=Nc1ccc(F)cc1. The Morgan fingerprint density at radius 1 is 1.23 bits per heavy atom. The van der Waals surface area contributed by atoms with Crippen LogP contribution in [0.25, 0.3) is 0 Å². The first-order valence-electron chi connectivity index (χ1n) is 9.18. The molecule has 2 aromatic carbocycles. The summed E-state index contributed by atoms with van der Waals surface area (Å²) >= 11 is 0. The minimum Gasteiger partial charge on any atom is -0.300 e. The van der Waals surface area contributed by atoms with Gasteiger partial charge in [0.15, 0.2) is 0 Å². The predicted octanol–water partition coefficient (Wildman–Crippen LogP) is 5.14. The normalized spacial score (nSPS) is 22.0. The molecule has 2 aliphatic heterocycles. The molecule has 0 fully saturated rings. The van der Waals surface area contributed by atoms with Gasteiger partial charge in [-0.15, -0.1) is 0 Å². The van der Waals surface area contributed by atoms with E-state index in [1.54, 1.807) is 12.1 Å². The summed E-state index contributed by atoms with van der Waals surface area (Å²) in [5, 5.41) is 0. The standard InChI is InChI=1S/C22H23FN2O/c1-5-14-10-17-13(2)12-22(3,4)25-20(17)18(11-14)19(21(25)26)24-16-8-6-15(23)7-9-16/h6-11,13H,5,12H2,1-4H3. The lowest BCUT2D eigenvalue weighted by Crippen LogP contribution is -2.50. The zero-order valence-electron chi connectivity index (χ0n) is 15.6. The molecule has 2 aliphatic rings. The summed E-state index contributed by atoms with van der Waals surface area (Å²) in [6, 6.07) is 10.3. The Morgan fingerprint density at radius 3 is 2.58 bits per heavy atom. The van der Waals surface area contributed by atoms with Gasteiger partial charge in [-0.2, -0.15) is 0 Å². The van der Waals surface area contributed by atoms with Crippen LogP contribution in [0.5, 0.6) is 0 Å². The summed E-state index contributed by atoms with van der Waals surface area (Å²) in [6.07, 6.45) is 1.83. The van der Waals surface area contributed by atoms with Gasteiger partial charge in [-0.05, 0) is 74.1 Å². The molecule has 2 heterocycles. The fraction of sp³-hybridized carbons (Fsp3) is 0.364. The molecule has 0 radical (unpaired) electrons. The number of halogens is 1. The molecule has 1 atom stereocenters. The van der Waals surface area contributed by atoms with E-state index >= 15 is 0 Å². The van der Waals surface area contributed by atoms with Gasteiger partial charge in [0.25, 0.3) is 5.91 Å². The maximum Gasteiger partial charge on any atom is 0.278 e. The third-order valence-corrected chi connectivity index (χ3v) is 5.50. The minimum absolute atomic E-state index is 0.0595. The Labute approximate surface area is 153 Å². The molecule has 1 unspecified atom stereocenters. The smallest absolute Gasteiger partial charge is 0.278 e. The number of aliphatic imine (C=N–C) groups is 1. The van der Waals surface area contributed by atoms with E-state index in [1.807, 2.05) is 4.90 Å². The van der Waals surface area contributed by atoms with Crippen molar-refractivity contribution in [2.24, 2.45) is 4.99 Å². The van der Waals surface area contributed by atoms with Gasteiger partial charge in [0.2, 0.25) is 0 Å². The number of aryl methyl sites for hydroxylation is 1. The highest BCUT2D eigenvalue weighted by atomic mass is 19.1. The summed E-state index contributed by atoms with van der Waals surface area (Å²) in [6.45, 7) is 8.58. The van der Waals surface area contributed by atoms with Gasteiger partial charge >= 0.3 is 0 Å². The number of carbonyl (C=O) groups excluding carboxylic acids is 1. The average Bonchev–Trinajstić information content (AvgIpc) is 2.87. The van der Waals surface area contributed by atoms with Crippen molar-refractivity contribution in [3.8, 4) is 0 Å². The molecular weight excluding hydrogens is 327 g/mol. The van der Waals surface area contributed by atoms with E-state index in [4.69, 9.17) is 0 Å². The monoisotopic (exact) mass is 350 g/mol. The van der Waals surface area contributed by atoms with Crippen molar-refractivity contribution in [2.45, 2.75) is 52.0 Å². The van der Waals surface area contributed by atoms with Crippen molar-refractivity contribution >= 4 is 23.0 Å². The van der Waals surface area contributed by atoms with Crippen molar-refractivity contribution in [3.05, 3.63) is 58.9 Å². The van der Waals surface area contributed by atoms with E-state index in [0.29, 0.717) is 17.3 Å². The van der Waals surface area contributed by atoms with Gasteiger partial charge in [0, 0.05) is 11.1 Å². The molecule has 4 rings (SSSR count). The Bertz CT molecular complexity index is 928. The number of hydrogen-bond donors (Lipinski definition) is 0. The summed E-state index contributed by atoms with van der Waals surface area (Å²) in [5.41, 5.74) is 5.17. The lowest BCUT2D eigenvalue weighted by atomic mass is 9.79. The lowest BCUT2D eigenvalue weighted by molar-refractivity contribution is -0.113. The van der Waals surface area contributed by atoms with Gasteiger partial charge < -0.3 is 4.90 Å². The second kappa shape index (κ2) is 5.76. The van der Waals surface area contributed by atoms with Gasteiger partial charge in [-0.3, -0.25) is 4.79 Å². The molecule has 4 heteroatoms. The highest BCUT2D eigenvalue weighted by Crippen LogP contribution is 2.49. The van der Waals surface area contributed by atoms with Gasteiger partial charge in [-0.1, -0.05) is 19.9 Å². The Kier molecular flexibility index (Phi) is 3.76. The van der Waals surface area contributed by atoms with Gasteiger partial charge in [0.1, 0.15) is 11.5 Å². The molecule has 0 bridgehead atoms. The van der Waals surface area contributed by atoms with Crippen molar-refractivity contribution in [2.75, 3.05) is 4.90 Å². The molecule has 0 aromatic heterocycles. The van der Waals surface area contributed by atoms with E-state index in [0.717, 1.165) is 24.1 Å². The molecule has 0 saturated carbocycles. The van der Waals surface area contributed by atoms with E-state index in [1.165, 1.54) is 23.3 Å². The summed E-state index contributed by atoms with van der Waals surface area (Å²) in [4.78, 5) is 19.8. The van der Waals surface area contributed by atoms with Crippen LogP contribution in [0.1, 0.15) is 56.7 Å². The van der Waals surface area contributed by atoms with Crippen molar-refractivity contribution in [3.63, 3.8) is 0 Å². The Balaban J connectivity index is 1.96. The lowest BCUT2D eigenvalue weighted by Gasteiger charge is -2.43. The van der Waals surface area contributed by atoms with Crippen LogP contribution >= 0.6 is 0 Å². The molecule has 134 valence electrons. The van der Waals surface area contributed by atoms with Crippen LogP contribution in [-0.4, -0.2) is 17.2 Å². The van der Waals surface area contributed by atoms with Crippen LogP contribution in [-0.2, 0) is 11.2 Å². The van der Waals surface area contributed by atoms with E-state index in [9.17, 15) is 9.18 Å². The molecule has 2 aromatic rings. The van der Waals surface area contributed by atoms with Gasteiger partial charge in [-0.25, -0.2) is 9.38 Å². The molecule has 26 heavy (non-hydrogen) atoms. The maximum atomic E-state index is 13.3. The van der Waals surface area contributed by atoms with E-state index < -0.39 is 0 Å². The molecule has 0 aliphatic carbocycles. The average molecular weight is 350 g/mol. The number of anilines is 1. The largest absolute Gasteiger partial charge is 0.300 e. The first-order valence-corrected chi connectivity index (χ1v) is 9.18. The van der Waals surface area contributed by atoms with Crippen LogP contribution in [0.15, 0.2) is 41.4 Å². The number of hydrogen-bond acceptors (Lipinski definition) is 2. The van der Waals surface area contributed by atoms with Crippen LogP contribution in [0.3, 0.4) is 0 Å². The molecule has 3 nitrogen and oxygen atoms in total. The number of rotatable bonds is 2. The summed E-state index contributed by atoms with van der Waals surface area (Å²) in [5.74, 6) is 0.0207. The summed E-state index contributed by atoms with van der Waals surface area (Å²) in [7, 11) is 0. The van der Waals surface area contributed by atoms with Crippen LogP contribution in [0, 0.1) is 5.82 Å².